The first-order valence-electron chi connectivity index (χ1n) is 7.96. The third-order valence-electron chi connectivity index (χ3n) is 5.41. The van der Waals surface area contributed by atoms with E-state index in [0.717, 1.165) is 51.4 Å². The van der Waals surface area contributed by atoms with Gasteiger partial charge in [-0.25, -0.2) is 0 Å². The molecule has 4 saturated carbocycles. The molecule has 0 aromatic carbocycles. The molecule has 1 N–H and O–H groups in total. The lowest BCUT2D eigenvalue weighted by molar-refractivity contribution is -0.146. The molecule has 0 aliphatic heterocycles. The Kier molecular flexibility index (Phi) is 3.40. The molecule has 2 atom stereocenters. The summed E-state index contributed by atoms with van der Waals surface area (Å²) in [6, 6.07) is 0. The number of Topliss-reactive ketones (excluding diaryl/α,β-unsaturated/α-hetero) is 1. The Morgan fingerprint density at radius 2 is 1.89 bits per heavy atom. The van der Waals surface area contributed by atoms with Gasteiger partial charge in [-0.2, -0.15) is 0 Å². The molecule has 4 aliphatic rings. The van der Waals surface area contributed by atoms with Gasteiger partial charge in [0, 0.05) is 23.8 Å². The summed E-state index contributed by atoms with van der Waals surface area (Å²) in [4.78, 5) is 24.2. The fourth-order valence-electron chi connectivity index (χ4n) is 4.79. The molecule has 0 aromatic heterocycles. The van der Waals surface area contributed by atoms with Crippen LogP contribution in [0, 0.1) is 17.8 Å². The number of rotatable bonds is 5. The smallest absolute Gasteiger partial charge is 0.220 e. The van der Waals surface area contributed by atoms with E-state index in [1.54, 1.807) is 0 Å². The van der Waals surface area contributed by atoms with E-state index in [4.69, 9.17) is 0 Å². The summed E-state index contributed by atoms with van der Waals surface area (Å²) < 4.78 is 0. The van der Waals surface area contributed by atoms with Crippen LogP contribution in [0.3, 0.4) is 0 Å². The highest BCUT2D eigenvalue weighted by molar-refractivity contribution is 5.86. The zero-order valence-electron chi connectivity index (χ0n) is 11.9. The van der Waals surface area contributed by atoms with Gasteiger partial charge in [0.25, 0.3) is 0 Å². The molecule has 0 heterocycles. The van der Waals surface area contributed by atoms with Gasteiger partial charge in [-0.15, -0.1) is 0 Å². The van der Waals surface area contributed by atoms with Gasteiger partial charge in [0.1, 0.15) is 5.78 Å². The van der Waals surface area contributed by atoms with E-state index in [0.29, 0.717) is 18.1 Å². The van der Waals surface area contributed by atoms with E-state index in [-0.39, 0.29) is 23.3 Å². The fourth-order valence-corrected chi connectivity index (χ4v) is 4.79. The Bertz CT molecular complexity index is 372. The highest BCUT2D eigenvalue weighted by Crippen LogP contribution is 2.53. The molecule has 4 bridgehead atoms. The molecule has 1 amide bonds. The quantitative estimate of drug-likeness (QED) is 0.775. The van der Waals surface area contributed by atoms with Crippen molar-refractivity contribution in [2.75, 3.05) is 0 Å². The molecule has 4 fully saturated rings. The van der Waals surface area contributed by atoms with Gasteiger partial charge in [-0.3, -0.25) is 9.59 Å². The summed E-state index contributed by atoms with van der Waals surface area (Å²) in [7, 11) is 0. The normalized spacial score (nSPS) is 39.6. The molecule has 4 rings (SSSR count). The second kappa shape index (κ2) is 4.92. The Labute approximate surface area is 115 Å². The van der Waals surface area contributed by atoms with E-state index in [2.05, 4.69) is 12.2 Å². The van der Waals surface area contributed by atoms with Gasteiger partial charge in [0.05, 0.1) is 0 Å². The number of amides is 1. The van der Waals surface area contributed by atoms with Crippen LogP contribution in [0.5, 0.6) is 0 Å². The van der Waals surface area contributed by atoms with Crippen molar-refractivity contribution < 1.29 is 9.59 Å². The van der Waals surface area contributed by atoms with E-state index in [9.17, 15) is 9.59 Å². The van der Waals surface area contributed by atoms with E-state index >= 15 is 0 Å². The molecule has 2 unspecified atom stereocenters. The van der Waals surface area contributed by atoms with Gasteiger partial charge in [0.2, 0.25) is 5.91 Å². The van der Waals surface area contributed by atoms with Crippen LogP contribution >= 0.6 is 0 Å². The lowest BCUT2D eigenvalue weighted by Crippen LogP contribution is -2.62. The first-order chi connectivity index (χ1) is 9.12. The minimum absolute atomic E-state index is 0.0201. The van der Waals surface area contributed by atoms with E-state index in [1.165, 1.54) is 0 Å². The number of ketones is 1. The zero-order valence-corrected chi connectivity index (χ0v) is 11.9. The number of unbranched alkanes of at least 4 members (excludes halogenated alkanes) is 2. The average Bonchev–Trinajstić information content (AvgIpc) is 2.34. The number of hydrogen-bond acceptors (Lipinski definition) is 2. The monoisotopic (exact) mass is 263 g/mol. The molecule has 3 nitrogen and oxygen atoms in total. The van der Waals surface area contributed by atoms with Crippen LogP contribution in [-0.4, -0.2) is 17.2 Å². The topological polar surface area (TPSA) is 46.2 Å². The first kappa shape index (κ1) is 13.1. The molecule has 0 spiro atoms. The number of carbonyl (C=O) groups is 2. The highest BCUT2D eigenvalue weighted by atomic mass is 16.2. The Morgan fingerprint density at radius 1 is 1.21 bits per heavy atom. The Balaban J connectivity index is 1.61. The Hall–Kier alpha value is -0.860. The van der Waals surface area contributed by atoms with Crippen LogP contribution in [0.1, 0.15) is 64.7 Å². The molecule has 0 aromatic rings. The summed E-state index contributed by atoms with van der Waals surface area (Å²) >= 11 is 0. The van der Waals surface area contributed by atoms with Crippen molar-refractivity contribution in [3.8, 4) is 0 Å². The van der Waals surface area contributed by atoms with Crippen LogP contribution in [0.2, 0.25) is 0 Å². The SMILES string of the molecule is CCCCCC(=O)NC12CC3CC(C1)C(=O)C(C3)C2. The largest absolute Gasteiger partial charge is 0.351 e. The molecule has 3 heteroatoms. The molecule has 0 radical (unpaired) electrons. The Morgan fingerprint density at radius 3 is 2.53 bits per heavy atom. The van der Waals surface area contributed by atoms with Crippen molar-refractivity contribution in [2.45, 2.75) is 70.3 Å². The number of carbonyl (C=O) groups excluding carboxylic acids is 2. The third-order valence-corrected chi connectivity index (χ3v) is 5.41. The van der Waals surface area contributed by atoms with Crippen LogP contribution < -0.4 is 5.32 Å². The molecular weight excluding hydrogens is 238 g/mol. The standard InChI is InChI=1S/C16H25NO2/c1-2-3-4-5-14(18)17-16-8-11-6-12(9-16)15(19)13(7-11)10-16/h11-13H,2-10H2,1H3,(H,17,18). The van der Waals surface area contributed by atoms with Crippen LogP contribution in [0.4, 0.5) is 0 Å². The highest BCUT2D eigenvalue weighted by Gasteiger charge is 2.55. The van der Waals surface area contributed by atoms with Crippen LogP contribution in [0.25, 0.3) is 0 Å². The number of hydrogen-bond donors (Lipinski definition) is 1. The van der Waals surface area contributed by atoms with Crippen molar-refractivity contribution in [3.05, 3.63) is 0 Å². The zero-order chi connectivity index (χ0) is 13.5. The van der Waals surface area contributed by atoms with Crippen molar-refractivity contribution in [3.63, 3.8) is 0 Å². The van der Waals surface area contributed by atoms with Gasteiger partial charge >= 0.3 is 0 Å². The number of nitrogens with one attached hydrogen (secondary N) is 1. The molecule has 0 saturated heterocycles. The maximum atomic E-state index is 12.1. The van der Waals surface area contributed by atoms with Crippen molar-refractivity contribution in [2.24, 2.45) is 17.8 Å². The minimum atomic E-state index is -0.0201. The first-order valence-corrected chi connectivity index (χ1v) is 7.96. The second-order valence-corrected chi connectivity index (χ2v) is 7.03. The van der Waals surface area contributed by atoms with Crippen molar-refractivity contribution in [1.29, 1.82) is 0 Å². The van der Waals surface area contributed by atoms with Crippen LogP contribution in [0.15, 0.2) is 0 Å². The predicted molar refractivity (Wildman–Crippen MR) is 73.6 cm³/mol. The average molecular weight is 263 g/mol. The van der Waals surface area contributed by atoms with E-state index < -0.39 is 0 Å². The second-order valence-electron chi connectivity index (χ2n) is 7.03. The summed E-state index contributed by atoms with van der Waals surface area (Å²) in [5.41, 5.74) is -0.0201. The fraction of sp³-hybridized carbons (Fsp3) is 0.875. The van der Waals surface area contributed by atoms with Gasteiger partial charge in [0.15, 0.2) is 0 Å². The van der Waals surface area contributed by atoms with Gasteiger partial charge < -0.3 is 5.32 Å². The minimum Gasteiger partial charge on any atom is -0.351 e. The molecule has 106 valence electrons. The van der Waals surface area contributed by atoms with Gasteiger partial charge in [-0.05, 0) is 44.4 Å². The van der Waals surface area contributed by atoms with Gasteiger partial charge in [-0.1, -0.05) is 19.8 Å². The molecule has 19 heavy (non-hydrogen) atoms. The molecular formula is C16H25NO2. The maximum absolute atomic E-state index is 12.1. The van der Waals surface area contributed by atoms with Crippen molar-refractivity contribution >= 4 is 11.7 Å². The summed E-state index contributed by atoms with van der Waals surface area (Å²) in [6.45, 7) is 2.16. The lowest BCUT2D eigenvalue weighted by Gasteiger charge is -2.55. The predicted octanol–water partition coefficient (Wildman–Crippen LogP) is 2.83. The third kappa shape index (κ3) is 2.44. The summed E-state index contributed by atoms with van der Waals surface area (Å²) in [6.07, 6.45) is 9.05. The summed E-state index contributed by atoms with van der Waals surface area (Å²) in [5.74, 6) is 1.89. The van der Waals surface area contributed by atoms with E-state index in [1.807, 2.05) is 0 Å². The van der Waals surface area contributed by atoms with Crippen LogP contribution in [-0.2, 0) is 9.59 Å². The maximum Gasteiger partial charge on any atom is 0.220 e. The van der Waals surface area contributed by atoms with Crippen molar-refractivity contribution in [1.82, 2.24) is 5.32 Å². The lowest BCUT2D eigenvalue weighted by atomic mass is 9.52. The summed E-state index contributed by atoms with van der Waals surface area (Å²) in [5, 5.41) is 3.31. The molecule has 4 aliphatic carbocycles.